The summed E-state index contributed by atoms with van der Waals surface area (Å²) in [7, 11) is -3.11. The van der Waals surface area contributed by atoms with E-state index in [-0.39, 0.29) is 147 Å². The van der Waals surface area contributed by atoms with E-state index in [0.717, 1.165) is 5.56 Å². The van der Waals surface area contributed by atoms with Crippen molar-refractivity contribution in [2.24, 2.45) is 0 Å². The Kier molecular flexibility index (Phi) is 21.7. The van der Waals surface area contributed by atoms with Gasteiger partial charge in [-0.15, -0.1) is 53.2 Å². The van der Waals surface area contributed by atoms with E-state index in [1.54, 1.807) is 72.8 Å². The predicted molar refractivity (Wildman–Crippen MR) is 172 cm³/mol. The molecule has 0 atom stereocenters. The molecule has 0 unspecified atom stereocenters. The van der Waals surface area contributed by atoms with Crippen molar-refractivity contribution in [3.63, 3.8) is 0 Å². The van der Waals surface area contributed by atoms with E-state index in [9.17, 15) is 9.59 Å². The number of carbonyl (C=O) groups is 2. The molecule has 6 aromatic rings. The molecule has 0 saturated carbocycles. The molecular weight excluding hydrogens is 940 g/mol. The Balaban J connectivity index is 0.000000429. The van der Waals surface area contributed by atoms with Gasteiger partial charge in [-0.3, -0.25) is 4.79 Å². The average Bonchev–Trinajstić information content (AvgIpc) is 3.69. The SMILES string of the molecule is Cc1ccccc1C(=O)Nc1cccc(-n2nnnc2[S-])c1.O=C(Nc1cccc(-n2nnnc2[S-])c1)c1[c-]cccc1.O=S(=O)=O.[Au].[K+].[K+]. The summed E-state index contributed by atoms with van der Waals surface area (Å²) in [6.07, 6.45) is 0. The minimum atomic E-state index is -3.11. The molecular formula is C29H21AuK2N10O5S3-. The molecule has 0 aliphatic rings. The summed E-state index contributed by atoms with van der Waals surface area (Å²) in [6.45, 7) is 1.90. The second-order valence-electron chi connectivity index (χ2n) is 9.05. The summed E-state index contributed by atoms with van der Waals surface area (Å²) >= 11 is 10.0. The standard InChI is InChI=1S/C15H13N5OS.C14H10N5OS.Au.2K.O3S/c1-10-5-2-3-8-13(10)14(21)16-11-6-4-7-12(9-11)20-15(22)17-18-19-20;20-13(10-5-2-1-3-6-10)15-11-7-4-8-12(9-11)19-14(21)16-17-18-19;;;;1-4(2)3/h2-9H,1H3,(H,16,21)(H,17,19,22);1-5,7-9H,(H,15,20)(H,16,18,21);;;;/q;-1;;2*+1;/p-2. The number of nitrogens with zero attached hydrogens (tertiary/aromatic N) is 8. The molecule has 0 bridgehead atoms. The van der Waals surface area contributed by atoms with Crippen LogP contribution >= 0.6 is 0 Å². The first kappa shape index (κ1) is 46.1. The maximum atomic E-state index is 12.3. The van der Waals surface area contributed by atoms with Crippen molar-refractivity contribution in [1.29, 1.82) is 0 Å². The number of benzene rings is 4. The van der Waals surface area contributed by atoms with E-state index < -0.39 is 10.6 Å². The first-order chi connectivity index (χ1) is 22.6. The fraction of sp³-hybridized carbons (Fsp3) is 0.0345. The van der Waals surface area contributed by atoms with Crippen LogP contribution in [0.3, 0.4) is 0 Å². The summed E-state index contributed by atoms with van der Waals surface area (Å²) in [4.78, 5) is 24.4. The summed E-state index contributed by atoms with van der Waals surface area (Å²) in [5, 5.41) is 28.1. The van der Waals surface area contributed by atoms with Crippen molar-refractivity contribution >= 4 is 59.1 Å². The van der Waals surface area contributed by atoms with E-state index in [1.165, 1.54) is 9.36 Å². The molecule has 0 spiro atoms. The fourth-order valence-electron chi connectivity index (χ4n) is 3.87. The van der Waals surface area contributed by atoms with Crippen molar-refractivity contribution in [1.82, 2.24) is 40.4 Å². The quantitative estimate of drug-likeness (QED) is 0.0962. The summed E-state index contributed by atoms with van der Waals surface area (Å²) in [5.41, 5.74) is 4.67. The fourth-order valence-corrected chi connectivity index (χ4v) is 4.23. The summed E-state index contributed by atoms with van der Waals surface area (Å²) in [6, 6.07) is 31.6. The van der Waals surface area contributed by atoms with Gasteiger partial charge in [0.25, 0.3) is 5.91 Å². The number of carbonyl (C=O) groups excluding carboxylic acids is 2. The van der Waals surface area contributed by atoms with E-state index in [2.05, 4.69) is 47.8 Å². The molecule has 15 nitrogen and oxygen atoms in total. The number of nitrogens with one attached hydrogen (secondary N) is 2. The van der Waals surface area contributed by atoms with Gasteiger partial charge in [-0.2, -0.15) is 0 Å². The molecule has 4 aromatic carbocycles. The van der Waals surface area contributed by atoms with Crippen LogP contribution in [0.15, 0.2) is 107 Å². The molecule has 0 aliphatic heterocycles. The first-order valence-corrected chi connectivity index (χ1v) is 15.0. The Hall–Kier alpha value is -1.97. The van der Waals surface area contributed by atoms with Crippen LogP contribution in [0.25, 0.3) is 11.4 Å². The van der Waals surface area contributed by atoms with Gasteiger partial charge in [0.2, 0.25) is 0 Å². The molecule has 1 radical (unpaired) electrons. The van der Waals surface area contributed by atoms with Crippen LogP contribution in [0.1, 0.15) is 26.3 Å². The van der Waals surface area contributed by atoms with Crippen molar-refractivity contribution in [2.75, 3.05) is 10.6 Å². The maximum absolute atomic E-state index is 12.3. The van der Waals surface area contributed by atoms with Crippen LogP contribution < -0.4 is 113 Å². The van der Waals surface area contributed by atoms with Crippen LogP contribution in [0, 0.1) is 13.0 Å². The Bertz CT molecular complexity index is 2120. The van der Waals surface area contributed by atoms with Crippen molar-refractivity contribution in [2.45, 2.75) is 17.2 Å². The zero-order valence-electron chi connectivity index (χ0n) is 26.4. The molecule has 2 heterocycles. The Morgan fingerprint density at radius 1 is 0.700 bits per heavy atom. The predicted octanol–water partition coefficient (Wildman–Crippen LogP) is -3.25. The van der Waals surface area contributed by atoms with Gasteiger partial charge >= 0.3 is 113 Å². The van der Waals surface area contributed by atoms with E-state index in [0.29, 0.717) is 33.9 Å². The number of hydrogen-bond acceptors (Lipinski definition) is 13. The second kappa shape index (κ2) is 23.6. The number of tetrazole rings is 2. The number of aromatic nitrogens is 8. The maximum Gasteiger partial charge on any atom is 1.00 e. The zero-order valence-corrected chi connectivity index (χ0v) is 37.2. The topological polar surface area (TPSA) is 197 Å². The van der Waals surface area contributed by atoms with Gasteiger partial charge < -0.3 is 40.7 Å². The third-order valence-electron chi connectivity index (χ3n) is 5.92. The minimum absolute atomic E-state index is 0. The molecule has 6 rings (SSSR count). The van der Waals surface area contributed by atoms with Gasteiger partial charge in [-0.1, -0.05) is 35.9 Å². The smallest absolute Gasteiger partial charge is 0.738 e. The Labute approximate surface area is 399 Å². The number of amides is 2. The van der Waals surface area contributed by atoms with E-state index in [1.807, 2.05) is 31.2 Å². The molecule has 2 amide bonds. The molecule has 2 aromatic heterocycles. The first-order valence-electron chi connectivity index (χ1n) is 13.2. The van der Waals surface area contributed by atoms with Gasteiger partial charge in [0.05, 0.1) is 11.4 Å². The Morgan fingerprint density at radius 2 is 1.18 bits per heavy atom. The minimum Gasteiger partial charge on any atom is -0.738 e. The van der Waals surface area contributed by atoms with Crippen molar-refractivity contribution in [3.05, 3.63) is 120 Å². The second-order valence-corrected chi connectivity index (χ2v) is 10.2. The molecule has 21 heteroatoms. The Morgan fingerprint density at radius 3 is 1.62 bits per heavy atom. The average molecular weight is 961 g/mol. The van der Waals surface area contributed by atoms with Crippen molar-refractivity contribution < 1.29 is 147 Å². The number of hydrogen-bond donors (Lipinski definition) is 2. The molecule has 2 N–H and O–H groups in total. The molecule has 50 heavy (non-hydrogen) atoms. The molecule has 0 saturated heterocycles. The van der Waals surface area contributed by atoms with Gasteiger partial charge in [-0.25, -0.2) is 9.36 Å². The third-order valence-corrected chi connectivity index (χ3v) is 6.43. The van der Waals surface area contributed by atoms with Crippen LogP contribution in [0.4, 0.5) is 11.4 Å². The van der Waals surface area contributed by atoms with Gasteiger partial charge in [0.15, 0.2) is 5.91 Å². The third kappa shape index (κ3) is 14.2. The van der Waals surface area contributed by atoms with Gasteiger partial charge in [0.1, 0.15) is 0 Å². The van der Waals surface area contributed by atoms with E-state index >= 15 is 0 Å². The number of anilines is 2. The van der Waals surface area contributed by atoms with Crippen LogP contribution in [-0.4, -0.2) is 64.9 Å². The zero-order chi connectivity index (χ0) is 33.8. The van der Waals surface area contributed by atoms with Gasteiger partial charge in [-0.05, 0) is 75.8 Å². The van der Waals surface area contributed by atoms with E-state index in [4.69, 9.17) is 37.9 Å². The number of aryl methyl sites for hydroxylation is 1. The van der Waals surface area contributed by atoms with Gasteiger partial charge in [0, 0.05) is 49.6 Å². The molecule has 0 fully saturated rings. The largest absolute Gasteiger partial charge is 1.00 e. The summed E-state index contributed by atoms with van der Waals surface area (Å²) in [5.74, 6) is -0.395. The molecule has 0 aliphatic carbocycles. The van der Waals surface area contributed by atoms with Crippen LogP contribution in [-0.2, 0) is 58.2 Å². The number of rotatable bonds is 6. The van der Waals surface area contributed by atoms with Crippen LogP contribution in [0.5, 0.6) is 0 Å². The monoisotopic (exact) mass is 960 g/mol. The molecule has 249 valence electrons. The normalized spacial score (nSPS) is 9.38. The van der Waals surface area contributed by atoms with Crippen molar-refractivity contribution in [3.8, 4) is 11.4 Å². The summed E-state index contributed by atoms with van der Waals surface area (Å²) < 4.78 is 28.2. The van der Waals surface area contributed by atoms with Crippen LogP contribution in [0.2, 0.25) is 0 Å².